The highest BCUT2D eigenvalue weighted by Gasteiger charge is 2.30. The van der Waals surface area contributed by atoms with E-state index in [1.165, 1.54) is 6.07 Å². The van der Waals surface area contributed by atoms with E-state index in [9.17, 15) is 9.59 Å². The van der Waals surface area contributed by atoms with Gasteiger partial charge >= 0.3 is 5.97 Å². The first-order valence-corrected chi connectivity index (χ1v) is 12.6. The molecule has 1 aliphatic heterocycles. The summed E-state index contributed by atoms with van der Waals surface area (Å²) in [4.78, 5) is 35.7. The standard InChI is InChI=1S/C27H38FN5O4/c1-26(2,3)36-22(24(35)37-27(4,5)6)17-31-23(34)18-8-9-21(20(28)16-18)33-14-10-19(11-15-33)32-25-29-12-7-13-30-25/h7-9,12-13,16,19,22H,10-11,14-15,17H2,1-6H3,(H,31,34)(H,29,30,32)/t22-/m0/s1. The first-order valence-electron chi connectivity index (χ1n) is 12.6. The molecule has 0 spiro atoms. The Balaban J connectivity index is 1.58. The molecule has 0 aliphatic carbocycles. The topological polar surface area (TPSA) is 106 Å². The lowest BCUT2D eigenvalue weighted by atomic mass is 10.0. The summed E-state index contributed by atoms with van der Waals surface area (Å²) in [5.41, 5.74) is -0.706. The van der Waals surface area contributed by atoms with Gasteiger partial charge in [-0.05, 0) is 78.6 Å². The second kappa shape index (κ2) is 11.9. The maximum atomic E-state index is 15.0. The maximum absolute atomic E-state index is 15.0. The molecule has 202 valence electrons. The molecular formula is C27H38FN5O4. The Morgan fingerprint density at radius 1 is 1.08 bits per heavy atom. The van der Waals surface area contributed by atoms with E-state index in [-0.39, 0.29) is 18.2 Å². The van der Waals surface area contributed by atoms with Crippen molar-refractivity contribution < 1.29 is 23.5 Å². The fraction of sp³-hybridized carbons (Fsp3) is 0.556. The Hall–Kier alpha value is -3.27. The summed E-state index contributed by atoms with van der Waals surface area (Å²) < 4.78 is 26.3. The van der Waals surface area contributed by atoms with E-state index in [2.05, 4.69) is 20.6 Å². The predicted octanol–water partition coefficient (Wildman–Crippen LogP) is 3.95. The number of nitrogens with zero attached hydrogens (tertiary/aromatic N) is 3. The number of halogens is 1. The van der Waals surface area contributed by atoms with Crippen LogP contribution in [0.4, 0.5) is 16.0 Å². The summed E-state index contributed by atoms with van der Waals surface area (Å²) in [6.07, 6.45) is 3.99. The molecular weight excluding hydrogens is 477 g/mol. The average Bonchev–Trinajstić information content (AvgIpc) is 2.81. The third kappa shape index (κ3) is 8.96. The zero-order valence-electron chi connectivity index (χ0n) is 22.5. The van der Waals surface area contributed by atoms with Crippen LogP contribution in [0.5, 0.6) is 0 Å². The summed E-state index contributed by atoms with van der Waals surface area (Å²) in [6, 6.07) is 6.40. The molecule has 0 bridgehead atoms. The molecule has 3 rings (SSSR count). The van der Waals surface area contributed by atoms with Crippen molar-refractivity contribution in [3.63, 3.8) is 0 Å². The minimum Gasteiger partial charge on any atom is -0.458 e. The van der Waals surface area contributed by atoms with Gasteiger partial charge in [-0.2, -0.15) is 0 Å². The zero-order chi connectivity index (χ0) is 27.2. The molecule has 1 aromatic heterocycles. The van der Waals surface area contributed by atoms with Crippen molar-refractivity contribution in [1.82, 2.24) is 15.3 Å². The van der Waals surface area contributed by atoms with E-state index in [4.69, 9.17) is 9.47 Å². The van der Waals surface area contributed by atoms with E-state index in [1.54, 1.807) is 51.4 Å². The average molecular weight is 516 g/mol. The number of piperidine rings is 1. The third-order valence-electron chi connectivity index (χ3n) is 5.56. The SMILES string of the molecule is CC(C)(C)OC(=O)[C@H](CNC(=O)c1ccc(N2CCC(Nc3ncccn3)CC2)c(F)c1)OC(C)(C)C. The number of carbonyl (C=O) groups is 2. The van der Waals surface area contributed by atoms with Gasteiger partial charge < -0.3 is 25.0 Å². The monoisotopic (exact) mass is 515 g/mol. The Morgan fingerprint density at radius 3 is 2.30 bits per heavy atom. The summed E-state index contributed by atoms with van der Waals surface area (Å²) in [5, 5.41) is 5.99. The van der Waals surface area contributed by atoms with Gasteiger partial charge in [-0.15, -0.1) is 0 Å². The van der Waals surface area contributed by atoms with Crippen LogP contribution < -0.4 is 15.5 Å². The molecule has 1 fully saturated rings. The van der Waals surface area contributed by atoms with Crippen LogP contribution in [0.2, 0.25) is 0 Å². The molecule has 2 aromatic rings. The molecule has 1 aliphatic rings. The number of hydrogen-bond acceptors (Lipinski definition) is 8. The normalized spacial score (nSPS) is 15.7. The summed E-state index contributed by atoms with van der Waals surface area (Å²) in [5.74, 6) is -0.951. The molecule has 2 N–H and O–H groups in total. The van der Waals surface area contributed by atoms with Crippen LogP contribution in [0.3, 0.4) is 0 Å². The molecule has 0 saturated carbocycles. The Bertz CT molecular complexity index is 1060. The van der Waals surface area contributed by atoms with Crippen molar-refractivity contribution in [3.8, 4) is 0 Å². The van der Waals surface area contributed by atoms with Crippen molar-refractivity contribution in [2.45, 2.75) is 77.7 Å². The molecule has 1 amide bonds. The van der Waals surface area contributed by atoms with Crippen LogP contribution in [-0.2, 0) is 14.3 Å². The Labute approximate surface area is 218 Å². The second-order valence-corrected chi connectivity index (χ2v) is 11.1. The van der Waals surface area contributed by atoms with Gasteiger partial charge in [0.1, 0.15) is 11.4 Å². The minimum atomic E-state index is -0.997. The molecule has 1 saturated heterocycles. The fourth-order valence-corrected chi connectivity index (χ4v) is 3.98. The van der Waals surface area contributed by atoms with Crippen molar-refractivity contribution in [2.24, 2.45) is 0 Å². The van der Waals surface area contributed by atoms with Gasteiger partial charge in [-0.1, -0.05) is 0 Å². The van der Waals surface area contributed by atoms with Crippen molar-refractivity contribution in [1.29, 1.82) is 0 Å². The molecule has 1 aromatic carbocycles. The van der Waals surface area contributed by atoms with Gasteiger partial charge in [0.05, 0.1) is 17.8 Å². The number of ether oxygens (including phenoxy) is 2. The fourth-order valence-electron chi connectivity index (χ4n) is 3.98. The number of esters is 1. The van der Waals surface area contributed by atoms with Gasteiger partial charge in [0.15, 0.2) is 6.10 Å². The predicted molar refractivity (Wildman–Crippen MR) is 140 cm³/mol. The van der Waals surface area contributed by atoms with Crippen LogP contribution in [-0.4, -0.2) is 64.8 Å². The van der Waals surface area contributed by atoms with E-state index in [1.807, 2.05) is 25.7 Å². The number of hydrogen-bond donors (Lipinski definition) is 2. The van der Waals surface area contributed by atoms with Crippen LogP contribution in [0.1, 0.15) is 64.7 Å². The van der Waals surface area contributed by atoms with Gasteiger partial charge in [0.2, 0.25) is 5.95 Å². The van der Waals surface area contributed by atoms with Crippen LogP contribution in [0.15, 0.2) is 36.7 Å². The lowest BCUT2D eigenvalue weighted by molar-refractivity contribution is -0.176. The van der Waals surface area contributed by atoms with Gasteiger partial charge in [-0.3, -0.25) is 4.79 Å². The number of nitrogens with one attached hydrogen (secondary N) is 2. The lowest BCUT2D eigenvalue weighted by Gasteiger charge is -2.34. The Kier molecular flexibility index (Phi) is 9.07. The number of carbonyl (C=O) groups excluding carboxylic acids is 2. The van der Waals surface area contributed by atoms with E-state index < -0.39 is 35.0 Å². The highest BCUT2D eigenvalue weighted by atomic mass is 19.1. The first-order chi connectivity index (χ1) is 17.3. The molecule has 2 heterocycles. The molecule has 0 radical (unpaired) electrons. The number of anilines is 2. The molecule has 10 heteroatoms. The van der Waals surface area contributed by atoms with Crippen LogP contribution >= 0.6 is 0 Å². The maximum Gasteiger partial charge on any atom is 0.337 e. The van der Waals surface area contributed by atoms with E-state index in [0.29, 0.717) is 24.7 Å². The number of benzene rings is 1. The smallest absolute Gasteiger partial charge is 0.337 e. The van der Waals surface area contributed by atoms with Crippen molar-refractivity contribution in [3.05, 3.63) is 48.0 Å². The Morgan fingerprint density at radius 2 is 1.73 bits per heavy atom. The first kappa shape index (κ1) is 28.3. The van der Waals surface area contributed by atoms with Gasteiger partial charge in [-0.25, -0.2) is 19.2 Å². The lowest BCUT2D eigenvalue weighted by Crippen LogP contribution is -2.45. The largest absolute Gasteiger partial charge is 0.458 e. The van der Waals surface area contributed by atoms with E-state index >= 15 is 4.39 Å². The van der Waals surface area contributed by atoms with Gasteiger partial charge in [0.25, 0.3) is 5.91 Å². The third-order valence-corrected chi connectivity index (χ3v) is 5.56. The number of aromatic nitrogens is 2. The number of amides is 1. The molecule has 1 atom stereocenters. The van der Waals surface area contributed by atoms with Gasteiger partial charge in [0, 0.05) is 37.1 Å². The van der Waals surface area contributed by atoms with Crippen LogP contribution in [0.25, 0.3) is 0 Å². The number of rotatable bonds is 8. The minimum absolute atomic E-state index is 0.0972. The summed E-state index contributed by atoms with van der Waals surface area (Å²) >= 11 is 0. The van der Waals surface area contributed by atoms with Crippen LogP contribution in [0, 0.1) is 5.82 Å². The summed E-state index contributed by atoms with van der Waals surface area (Å²) in [6.45, 7) is 12.0. The van der Waals surface area contributed by atoms with E-state index in [0.717, 1.165) is 12.8 Å². The van der Waals surface area contributed by atoms with Crippen molar-refractivity contribution in [2.75, 3.05) is 29.9 Å². The zero-order valence-corrected chi connectivity index (χ0v) is 22.5. The molecule has 37 heavy (non-hydrogen) atoms. The molecule has 0 unspecified atom stereocenters. The highest BCUT2D eigenvalue weighted by Crippen LogP contribution is 2.25. The summed E-state index contributed by atoms with van der Waals surface area (Å²) in [7, 11) is 0. The highest BCUT2D eigenvalue weighted by molar-refractivity contribution is 5.95. The molecule has 9 nitrogen and oxygen atoms in total. The second-order valence-electron chi connectivity index (χ2n) is 11.1. The quantitative estimate of drug-likeness (QED) is 0.509. The van der Waals surface area contributed by atoms with Crippen molar-refractivity contribution >= 4 is 23.5 Å².